The molecule has 4 nitrogen and oxygen atoms in total. The number of allylic oxidation sites excluding steroid dienone is 1. The van der Waals surface area contributed by atoms with Crippen LogP contribution in [0, 0.1) is 0 Å². The molecule has 0 aliphatic heterocycles. The van der Waals surface area contributed by atoms with Gasteiger partial charge in [0.05, 0.1) is 6.26 Å². The van der Waals surface area contributed by atoms with E-state index in [1.54, 1.807) is 0 Å². The molecule has 0 unspecified atom stereocenters. The van der Waals surface area contributed by atoms with Crippen molar-refractivity contribution in [2.45, 2.75) is 58.3 Å². The van der Waals surface area contributed by atoms with E-state index in [1.165, 1.54) is 51.2 Å². The predicted octanol–water partition coefficient (Wildman–Crippen LogP) is 4.61. The van der Waals surface area contributed by atoms with Crippen molar-refractivity contribution < 1.29 is 19.0 Å². The average molecular weight is 242 g/mol. The van der Waals surface area contributed by atoms with Gasteiger partial charge in [-0.15, -0.1) is 0 Å². The Hall–Kier alpha value is -1.32. The lowest BCUT2D eigenvalue weighted by Gasteiger charge is -2.00. The summed E-state index contributed by atoms with van der Waals surface area (Å²) in [7, 11) is 0. The third-order valence-electron chi connectivity index (χ3n) is 2.62. The molecule has 0 saturated carbocycles. The summed E-state index contributed by atoms with van der Waals surface area (Å²) in [5.41, 5.74) is 0. The molecule has 1 aromatic heterocycles. The topological polar surface area (TPSA) is 55.7 Å². The van der Waals surface area contributed by atoms with E-state index in [-0.39, 0.29) is 11.9 Å². The second-order valence-electron chi connectivity index (χ2n) is 4.16. The van der Waals surface area contributed by atoms with Crippen molar-refractivity contribution in [3.05, 3.63) is 12.3 Å². The molecule has 0 aliphatic rings. The minimum absolute atomic E-state index is 0.0285. The normalized spacial score (nSPS) is 11.4. The van der Waals surface area contributed by atoms with E-state index in [2.05, 4.69) is 16.1 Å². The van der Waals surface area contributed by atoms with Gasteiger partial charge in [-0.3, -0.25) is 0 Å². The van der Waals surface area contributed by atoms with E-state index in [4.69, 9.17) is 9.84 Å². The number of hydrogen-bond donors (Lipinski definition) is 1. The molecule has 17 heavy (non-hydrogen) atoms. The summed E-state index contributed by atoms with van der Waals surface area (Å²) in [6, 6.07) is 0. The number of ether oxygens (including phenoxy) is 1. The molecule has 0 amide bonds. The van der Waals surface area contributed by atoms with Crippen LogP contribution in [0.4, 0.5) is 0 Å². The highest BCUT2D eigenvalue weighted by atomic mass is 17.0. The van der Waals surface area contributed by atoms with E-state index in [0.717, 1.165) is 6.42 Å². The van der Waals surface area contributed by atoms with Crippen LogP contribution in [0.5, 0.6) is 11.9 Å². The van der Waals surface area contributed by atoms with Crippen LogP contribution >= 0.6 is 0 Å². The zero-order chi connectivity index (χ0) is 12.3. The lowest BCUT2D eigenvalue weighted by molar-refractivity contribution is -0.0660. The van der Waals surface area contributed by atoms with E-state index < -0.39 is 0 Å². The Labute approximate surface area is 102 Å². The van der Waals surface area contributed by atoms with Crippen molar-refractivity contribution in [2.75, 3.05) is 0 Å². The monoisotopic (exact) mass is 242 g/mol. The molecule has 0 saturated heterocycles. The highest BCUT2D eigenvalue weighted by Crippen LogP contribution is 2.30. The summed E-state index contributed by atoms with van der Waals surface area (Å²) >= 11 is 0. The summed E-state index contributed by atoms with van der Waals surface area (Å²) in [6.45, 7) is 2.23. The molecule has 0 fully saturated rings. The van der Waals surface area contributed by atoms with Gasteiger partial charge in [-0.1, -0.05) is 45.4 Å². The maximum Gasteiger partial charge on any atom is 0.422 e. The van der Waals surface area contributed by atoms with Gasteiger partial charge >= 0.3 is 11.9 Å². The fourth-order valence-corrected chi connectivity index (χ4v) is 1.58. The van der Waals surface area contributed by atoms with Crippen LogP contribution in [0.2, 0.25) is 0 Å². The molecular formula is C13H22O4. The Morgan fingerprint density at radius 3 is 2.35 bits per heavy atom. The number of aromatic hydroxyl groups is 1. The molecule has 0 spiro atoms. The van der Waals surface area contributed by atoms with Gasteiger partial charge in [-0.05, 0) is 18.9 Å². The molecule has 4 heteroatoms. The van der Waals surface area contributed by atoms with Gasteiger partial charge in [0.1, 0.15) is 0 Å². The second-order valence-corrected chi connectivity index (χ2v) is 4.16. The summed E-state index contributed by atoms with van der Waals surface area (Å²) in [5, 5.41) is 8.82. The molecule has 1 aromatic rings. The van der Waals surface area contributed by atoms with E-state index in [1.807, 2.05) is 6.08 Å². The number of rotatable bonds is 10. The summed E-state index contributed by atoms with van der Waals surface area (Å²) in [4.78, 5) is 0. The van der Waals surface area contributed by atoms with E-state index >= 15 is 0 Å². The van der Waals surface area contributed by atoms with Crippen LogP contribution in [0.25, 0.3) is 0 Å². The highest BCUT2D eigenvalue weighted by Gasteiger charge is 2.12. The van der Waals surface area contributed by atoms with Crippen molar-refractivity contribution in [2.24, 2.45) is 0 Å². The molecule has 98 valence electrons. The lowest BCUT2D eigenvalue weighted by atomic mass is 10.1. The zero-order valence-electron chi connectivity index (χ0n) is 10.5. The third-order valence-corrected chi connectivity index (χ3v) is 2.62. The third kappa shape index (κ3) is 6.09. The van der Waals surface area contributed by atoms with Gasteiger partial charge in [0.2, 0.25) is 0 Å². The summed E-state index contributed by atoms with van der Waals surface area (Å²) < 4.78 is 13.5. The fourth-order valence-electron chi connectivity index (χ4n) is 1.58. The molecular weight excluding hydrogens is 220 g/mol. The molecule has 0 atom stereocenters. The van der Waals surface area contributed by atoms with Crippen LogP contribution in [0.15, 0.2) is 21.5 Å². The smallest absolute Gasteiger partial charge is 0.422 e. The molecule has 1 N–H and O–H groups in total. The summed E-state index contributed by atoms with van der Waals surface area (Å²) in [5.74, 6) is -0.272. The van der Waals surface area contributed by atoms with Crippen LogP contribution in [0.3, 0.4) is 0 Å². The van der Waals surface area contributed by atoms with E-state index in [9.17, 15) is 0 Å². The predicted molar refractivity (Wildman–Crippen MR) is 65.0 cm³/mol. The lowest BCUT2D eigenvalue weighted by Crippen LogP contribution is -1.85. The Bertz CT molecular complexity index is 298. The number of hydrogen-bond acceptors (Lipinski definition) is 4. The quantitative estimate of drug-likeness (QED) is 0.370. The Morgan fingerprint density at radius 1 is 1.06 bits per heavy atom. The SMILES string of the molecule is CCCCCCCCC/C=C/Oc1ooc1O. The highest BCUT2D eigenvalue weighted by molar-refractivity contribution is 5.15. The fraction of sp³-hybridized carbons (Fsp3) is 0.692. The van der Waals surface area contributed by atoms with Crippen LogP contribution in [0.1, 0.15) is 58.3 Å². The largest absolute Gasteiger partial charge is 0.473 e. The van der Waals surface area contributed by atoms with Crippen molar-refractivity contribution >= 4 is 0 Å². The molecule has 1 rings (SSSR count). The van der Waals surface area contributed by atoms with Gasteiger partial charge in [0, 0.05) is 0 Å². The molecule has 0 aliphatic carbocycles. The van der Waals surface area contributed by atoms with Gasteiger partial charge in [-0.25, -0.2) is 9.15 Å². The summed E-state index contributed by atoms with van der Waals surface area (Å²) in [6.07, 6.45) is 13.6. The van der Waals surface area contributed by atoms with Crippen molar-refractivity contribution in [1.82, 2.24) is 0 Å². The Kier molecular flexibility index (Phi) is 7.11. The van der Waals surface area contributed by atoms with Gasteiger partial charge < -0.3 is 9.84 Å². The van der Waals surface area contributed by atoms with Gasteiger partial charge in [0.15, 0.2) is 0 Å². The average Bonchev–Trinajstić information content (AvgIpc) is 2.34. The second kappa shape index (κ2) is 8.79. The standard InChI is InChI=1S/C13H22O4/c1-2-3-4-5-6-7-8-9-10-11-15-13-12(14)16-17-13/h10-11,14H,2-9H2,1H3/b11-10+. The van der Waals surface area contributed by atoms with Crippen molar-refractivity contribution in [3.8, 4) is 11.9 Å². The minimum atomic E-state index is -0.300. The maximum absolute atomic E-state index is 8.82. The first-order valence-corrected chi connectivity index (χ1v) is 6.44. The van der Waals surface area contributed by atoms with Crippen molar-refractivity contribution in [3.63, 3.8) is 0 Å². The number of unbranched alkanes of at least 4 members (excludes halogenated alkanes) is 7. The molecule has 1 heterocycles. The van der Waals surface area contributed by atoms with E-state index in [0.29, 0.717) is 0 Å². The van der Waals surface area contributed by atoms with Gasteiger partial charge in [0.25, 0.3) is 0 Å². The van der Waals surface area contributed by atoms with Crippen LogP contribution in [-0.4, -0.2) is 5.11 Å². The molecule has 0 radical (unpaired) electrons. The first-order valence-electron chi connectivity index (χ1n) is 6.44. The Balaban J connectivity index is 1.84. The minimum Gasteiger partial charge on any atom is -0.473 e. The maximum atomic E-state index is 8.82. The van der Waals surface area contributed by atoms with Crippen molar-refractivity contribution in [1.29, 1.82) is 0 Å². The Morgan fingerprint density at radius 2 is 1.76 bits per heavy atom. The first-order chi connectivity index (χ1) is 8.34. The zero-order valence-corrected chi connectivity index (χ0v) is 10.5. The first kappa shape index (κ1) is 13.7. The van der Waals surface area contributed by atoms with Gasteiger partial charge in [-0.2, -0.15) is 0 Å². The molecule has 0 bridgehead atoms. The molecule has 0 aromatic carbocycles. The van der Waals surface area contributed by atoms with Crippen LogP contribution in [-0.2, 0) is 0 Å². The van der Waals surface area contributed by atoms with Crippen LogP contribution < -0.4 is 4.74 Å².